The molecule has 1 aromatic carbocycles. The molecule has 0 aliphatic rings. The third kappa shape index (κ3) is 8.06. The zero-order chi connectivity index (χ0) is 14.6. The summed E-state index contributed by atoms with van der Waals surface area (Å²) in [6.45, 7) is 2.28. The molecule has 0 heterocycles. The van der Waals surface area contributed by atoms with Crippen LogP contribution in [-0.4, -0.2) is 13.1 Å². The number of hydrogen-bond acceptors (Lipinski definition) is 1. The van der Waals surface area contributed by atoms with Gasteiger partial charge < -0.3 is 5.32 Å². The van der Waals surface area contributed by atoms with E-state index in [1.165, 1.54) is 56.9 Å². The lowest BCUT2D eigenvalue weighted by Gasteiger charge is -2.16. The fraction of sp³-hybridized carbons (Fsp3) is 0.667. The van der Waals surface area contributed by atoms with E-state index < -0.39 is 0 Å². The quantitative estimate of drug-likeness (QED) is 0.508. The maximum atomic E-state index is 3.49. The van der Waals surface area contributed by atoms with Crippen LogP contribution in [0.25, 0.3) is 0 Å². The second-order valence-corrected chi connectivity index (χ2v) is 6.64. The molecular formula is C18H30BrN. The predicted octanol–water partition coefficient (Wildman–Crippen LogP) is 5.72. The second kappa shape index (κ2) is 11.3. The highest BCUT2D eigenvalue weighted by Crippen LogP contribution is 2.15. The van der Waals surface area contributed by atoms with Crippen molar-refractivity contribution in [3.05, 3.63) is 34.3 Å². The van der Waals surface area contributed by atoms with E-state index in [0.29, 0.717) is 6.04 Å². The van der Waals surface area contributed by atoms with Crippen LogP contribution < -0.4 is 5.32 Å². The van der Waals surface area contributed by atoms with Gasteiger partial charge in [0.15, 0.2) is 0 Å². The molecule has 114 valence electrons. The summed E-state index contributed by atoms with van der Waals surface area (Å²) in [6.07, 6.45) is 12.2. The molecule has 0 radical (unpaired) electrons. The molecule has 1 rings (SSSR count). The molecule has 20 heavy (non-hydrogen) atoms. The number of nitrogens with one attached hydrogen (secondary N) is 1. The van der Waals surface area contributed by atoms with E-state index in [9.17, 15) is 0 Å². The van der Waals surface area contributed by atoms with Crippen molar-refractivity contribution in [1.29, 1.82) is 0 Å². The van der Waals surface area contributed by atoms with Gasteiger partial charge in [-0.2, -0.15) is 0 Å². The molecule has 0 amide bonds. The van der Waals surface area contributed by atoms with E-state index in [0.717, 1.165) is 10.9 Å². The molecule has 0 fully saturated rings. The van der Waals surface area contributed by atoms with Crippen LogP contribution in [0.5, 0.6) is 0 Å². The predicted molar refractivity (Wildman–Crippen MR) is 93.3 cm³/mol. The first-order chi connectivity index (χ1) is 9.76. The lowest BCUT2D eigenvalue weighted by Crippen LogP contribution is -2.27. The molecule has 1 N–H and O–H groups in total. The SMILES string of the molecule is CCCCCCCCCC(Cc1ccc(Br)cc1)NC. The molecule has 1 atom stereocenters. The number of benzene rings is 1. The van der Waals surface area contributed by atoms with Crippen LogP contribution in [0.4, 0.5) is 0 Å². The Hall–Kier alpha value is -0.340. The minimum absolute atomic E-state index is 0.617. The zero-order valence-electron chi connectivity index (χ0n) is 13.1. The van der Waals surface area contributed by atoms with Crippen molar-refractivity contribution in [2.75, 3.05) is 7.05 Å². The molecule has 0 saturated carbocycles. The van der Waals surface area contributed by atoms with Crippen LogP contribution in [0, 0.1) is 0 Å². The van der Waals surface area contributed by atoms with Gasteiger partial charge in [0.05, 0.1) is 0 Å². The summed E-state index contributed by atoms with van der Waals surface area (Å²) in [5, 5.41) is 3.46. The molecule has 0 aliphatic carbocycles. The van der Waals surface area contributed by atoms with Crippen LogP contribution >= 0.6 is 15.9 Å². The lowest BCUT2D eigenvalue weighted by atomic mass is 10.00. The van der Waals surface area contributed by atoms with Gasteiger partial charge in [0.1, 0.15) is 0 Å². The summed E-state index contributed by atoms with van der Waals surface area (Å²) in [6, 6.07) is 9.33. The Balaban J connectivity index is 2.14. The summed E-state index contributed by atoms with van der Waals surface area (Å²) < 4.78 is 1.16. The maximum Gasteiger partial charge on any atom is 0.0175 e. The van der Waals surface area contributed by atoms with Gasteiger partial charge in [-0.15, -0.1) is 0 Å². The van der Waals surface area contributed by atoms with Crippen molar-refractivity contribution in [2.24, 2.45) is 0 Å². The van der Waals surface area contributed by atoms with E-state index in [2.05, 4.69) is 59.5 Å². The minimum atomic E-state index is 0.617. The Kier molecular flexibility index (Phi) is 10.0. The molecular weight excluding hydrogens is 310 g/mol. The minimum Gasteiger partial charge on any atom is -0.317 e. The Morgan fingerprint density at radius 3 is 2.15 bits per heavy atom. The van der Waals surface area contributed by atoms with Gasteiger partial charge in [-0.1, -0.05) is 79.9 Å². The molecule has 0 aliphatic heterocycles. The number of unbranched alkanes of at least 4 members (excludes halogenated alkanes) is 6. The molecule has 0 bridgehead atoms. The number of hydrogen-bond donors (Lipinski definition) is 1. The van der Waals surface area contributed by atoms with Gasteiger partial charge in [0.25, 0.3) is 0 Å². The number of halogens is 1. The third-order valence-corrected chi connectivity index (χ3v) is 4.49. The summed E-state index contributed by atoms with van der Waals surface area (Å²) in [5.74, 6) is 0. The number of rotatable bonds is 11. The monoisotopic (exact) mass is 339 g/mol. The van der Waals surface area contributed by atoms with Crippen LogP contribution in [0.1, 0.15) is 63.9 Å². The highest BCUT2D eigenvalue weighted by molar-refractivity contribution is 9.10. The molecule has 2 heteroatoms. The van der Waals surface area contributed by atoms with Crippen LogP contribution in [0.3, 0.4) is 0 Å². The highest BCUT2D eigenvalue weighted by atomic mass is 79.9. The molecule has 0 aromatic heterocycles. The van der Waals surface area contributed by atoms with E-state index >= 15 is 0 Å². The average molecular weight is 340 g/mol. The molecule has 1 nitrogen and oxygen atoms in total. The van der Waals surface area contributed by atoms with Crippen molar-refractivity contribution >= 4 is 15.9 Å². The van der Waals surface area contributed by atoms with E-state index in [4.69, 9.17) is 0 Å². The van der Waals surface area contributed by atoms with E-state index in [1.807, 2.05) is 0 Å². The lowest BCUT2D eigenvalue weighted by molar-refractivity contribution is 0.478. The summed E-state index contributed by atoms with van der Waals surface area (Å²) in [7, 11) is 2.09. The van der Waals surface area contributed by atoms with Gasteiger partial charge in [-0.05, 0) is 37.6 Å². The summed E-state index contributed by atoms with van der Waals surface area (Å²) >= 11 is 3.49. The van der Waals surface area contributed by atoms with Crippen LogP contribution in [0.15, 0.2) is 28.7 Å². The molecule has 0 saturated heterocycles. The topological polar surface area (TPSA) is 12.0 Å². The van der Waals surface area contributed by atoms with E-state index in [1.54, 1.807) is 0 Å². The zero-order valence-corrected chi connectivity index (χ0v) is 14.7. The second-order valence-electron chi connectivity index (χ2n) is 5.73. The van der Waals surface area contributed by atoms with Gasteiger partial charge in [-0.25, -0.2) is 0 Å². The number of likely N-dealkylation sites (N-methyl/N-ethyl adjacent to an activating group) is 1. The van der Waals surface area contributed by atoms with Gasteiger partial charge >= 0.3 is 0 Å². The van der Waals surface area contributed by atoms with Crippen LogP contribution in [0.2, 0.25) is 0 Å². The van der Waals surface area contributed by atoms with E-state index in [-0.39, 0.29) is 0 Å². The van der Waals surface area contributed by atoms with Gasteiger partial charge in [0.2, 0.25) is 0 Å². The Bertz CT molecular complexity index is 334. The summed E-state index contributed by atoms with van der Waals surface area (Å²) in [4.78, 5) is 0. The van der Waals surface area contributed by atoms with Crippen molar-refractivity contribution in [3.63, 3.8) is 0 Å². The summed E-state index contributed by atoms with van der Waals surface area (Å²) in [5.41, 5.74) is 1.43. The first-order valence-electron chi connectivity index (χ1n) is 8.18. The van der Waals surface area contributed by atoms with Crippen molar-refractivity contribution in [1.82, 2.24) is 5.32 Å². The first kappa shape index (κ1) is 17.7. The third-order valence-electron chi connectivity index (χ3n) is 3.96. The van der Waals surface area contributed by atoms with Crippen molar-refractivity contribution < 1.29 is 0 Å². The fourth-order valence-electron chi connectivity index (χ4n) is 2.60. The highest BCUT2D eigenvalue weighted by Gasteiger charge is 2.06. The normalized spacial score (nSPS) is 12.6. The van der Waals surface area contributed by atoms with Crippen molar-refractivity contribution in [3.8, 4) is 0 Å². The van der Waals surface area contributed by atoms with Crippen molar-refractivity contribution in [2.45, 2.75) is 70.8 Å². The van der Waals surface area contributed by atoms with Crippen LogP contribution in [-0.2, 0) is 6.42 Å². The largest absolute Gasteiger partial charge is 0.317 e. The smallest absolute Gasteiger partial charge is 0.0175 e. The molecule has 1 unspecified atom stereocenters. The van der Waals surface area contributed by atoms with Gasteiger partial charge in [-0.3, -0.25) is 0 Å². The maximum absolute atomic E-state index is 3.49. The molecule has 0 spiro atoms. The molecule has 1 aromatic rings. The first-order valence-corrected chi connectivity index (χ1v) is 8.97. The standard InChI is InChI=1S/C18H30BrN/c1-3-4-5-6-7-8-9-10-18(20-2)15-16-11-13-17(19)14-12-16/h11-14,18,20H,3-10,15H2,1-2H3. The Morgan fingerprint density at radius 2 is 1.55 bits per heavy atom. The fourth-order valence-corrected chi connectivity index (χ4v) is 2.87. The van der Waals surface area contributed by atoms with Gasteiger partial charge in [0, 0.05) is 10.5 Å². The average Bonchev–Trinajstić information content (AvgIpc) is 2.47. The Labute approximate surface area is 133 Å². The Morgan fingerprint density at radius 1 is 0.950 bits per heavy atom.